The van der Waals surface area contributed by atoms with E-state index in [0.29, 0.717) is 24.9 Å². The summed E-state index contributed by atoms with van der Waals surface area (Å²) in [5.74, 6) is 2.74. The smallest absolute Gasteiger partial charge is 0.242 e. The van der Waals surface area contributed by atoms with Crippen LogP contribution in [-0.2, 0) is 9.53 Å². The molecule has 0 unspecified atom stereocenters. The largest absolute Gasteiger partial charge is 0.378 e. The number of anilines is 3. The predicted molar refractivity (Wildman–Crippen MR) is 121 cm³/mol. The first-order valence-corrected chi connectivity index (χ1v) is 11.0. The first kappa shape index (κ1) is 21.5. The normalized spacial score (nSPS) is 18.0. The van der Waals surface area contributed by atoms with Crippen LogP contribution < -0.4 is 20.9 Å². The topological polar surface area (TPSA) is 110 Å². The number of pyridine rings is 1. The number of ether oxygens (including phenoxy) is 1. The summed E-state index contributed by atoms with van der Waals surface area (Å²) in [7, 11) is 0. The van der Waals surface area contributed by atoms with Crippen molar-refractivity contribution in [2.24, 2.45) is 5.73 Å². The van der Waals surface area contributed by atoms with Crippen LogP contribution >= 0.6 is 0 Å². The van der Waals surface area contributed by atoms with Gasteiger partial charge in [-0.3, -0.25) is 4.79 Å². The van der Waals surface area contributed by atoms with E-state index in [1.165, 1.54) is 19.3 Å². The lowest BCUT2D eigenvalue weighted by Crippen LogP contribution is -2.37. The summed E-state index contributed by atoms with van der Waals surface area (Å²) in [5.41, 5.74) is 7.44. The van der Waals surface area contributed by atoms with Crippen LogP contribution in [0.4, 0.5) is 17.5 Å². The zero-order chi connectivity index (χ0) is 21.8. The molecule has 4 rings (SSSR count). The van der Waals surface area contributed by atoms with Crippen molar-refractivity contribution < 1.29 is 9.53 Å². The molecule has 0 aromatic carbocycles. The lowest BCUT2D eigenvalue weighted by Gasteiger charge is -2.31. The van der Waals surface area contributed by atoms with Crippen LogP contribution in [-0.4, -0.2) is 66.3 Å². The van der Waals surface area contributed by atoms with Gasteiger partial charge in [-0.25, -0.2) is 15.0 Å². The summed E-state index contributed by atoms with van der Waals surface area (Å²) < 4.78 is 5.51. The van der Waals surface area contributed by atoms with Gasteiger partial charge in [0.1, 0.15) is 17.5 Å². The van der Waals surface area contributed by atoms with Crippen molar-refractivity contribution in [3.05, 3.63) is 23.9 Å². The number of nitrogens with one attached hydrogen (secondary N) is 1. The van der Waals surface area contributed by atoms with Crippen LogP contribution in [0.15, 0.2) is 18.3 Å². The summed E-state index contributed by atoms with van der Waals surface area (Å²) in [4.78, 5) is 30.7. The van der Waals surface area contributed by atoms with Crippen LogP contribution in [0.3, 0.4) is 0 Å². The average molecular weight is 426 g/mol. The summed E-state index contributed by atoms with van der Waals surface area (Å²) in [5, 5.41) is 2.74. The minimum Gasteiger partial charge on any atom is -0.378 e. The highest BCUT2D eigenvalue weighted by Crippen LogP contribution is 2.29. The zero-order valence-corrected chi connectivity index (χ0v) is 18.3. The molecule has 2 aromatic heterocycles. The van der Waals surface area contributed by atoms with Crippen molar-refractivity contribution in [1.29, 1.82) is 0 Å². The lowest BCUT2D eigenvalue weighted by molar-refractivity contribution is -0.117. The highest BCUT2D eigenvalue weighted by molar-refractivity contribution is 5.93. The fraction of sp³-hybridized carbons (Fsp3) is 0.545. The third-order valence-corrected chi connectivity index (χ3v) is 5.73. The summed E-state index contributed by atoms with van der Waals surface area (Å²) in [6.07, 6.45) is 5.36. The lowest BCUT2D eigenvalue weighted by atomic mass is 10.1. The van der Waals surface area contributed by atoms with Gasteiger partial charge in [-0.2, -0.15) is 0 Å². The van der Waals surface area contributed by atoms with Crippen molar-refractivity contribution >= 4 is 23.4 Å². The van der Waals surface area contributed by atoms with Gasteiger partial charge in [0.25, 0.3) is 0 Å². The molecule has 2 saturated heterocycles. The molecule has 0 bridgehead atoms. The molecule has 0 radical (unpaired) electrons. The van der Waals surface area contributed by atoms with Crippen molar-refractivity contribution in [2.75, 3.05) is 54.5 Å². The quantitative estimate of drug-likeness (QED) is 0.748. The maximum atomic E-state index is 11.9. The maximum absolute atomic E-state index is 11.9. The predicted octanol–water partition coefficient (Wildman–Crippen LogP) is 1.96. The molecule has 2 aliphatic rings. The van der Waals surface area contributed by atoms with Gasteiger partial charge in [0.05, 0.1) is 19.3 Å². The molecule has 3 N–H and O–H groups in total. The van der Waals surface area contributed by atoms with Crippen molar-refractivity contribution in [2.45, 2.75) is 39.2 Å². The maximum Gasteiger partial charge on any atom is 0.242 e. The van der Waals surface area contributed by atoms with Crippen LogP contribution in [0.5, 0.6) is 0 Å². The summed E-state index contributed by atoms with van der Waals surface area (Å²) in [6, 6.07) is 3.34. The minimum atomic E-state index is -0.595. The van der Waals surface area contributed by atoms with Gasteiger partial charge >= 0.3 is 0 Å². The number of nitrogens with two attached hydrogens (primary N) is 1. The Kier molecular flexibility index (Phi) is 6.62. The second kappa shape index (κ2) is 9.57. The Morgan fingerprint density at radius 1 is 1.06 bits per heavy atom. The molecule has 2 aliphatic heterocycles. The van der Waals surface area contributed by atoms with Gasteiger partial charge in [-0.05, 0) is 44.7 Å². The highest BCUT2D eigenvalue weighted by Gasteiger charge is 2.20. The molecule has 0 saturated carbocycles. The molecular formula is C22H31N7O2. The number of nitrogens with zero attached hydrogens (tertiary/aromatic N) is 5. The van der Waals surface area contributed by atoms with Gasteiger partial charge in [0.15, 0.2) is 5.82 Å². The highest BCUT2D eigenvalue weighted by atomic mass is 16.5. The number of piperidine rings is 1. The third-order valence-electron chi connectivity index (χ3n) is 5.73. The number of carbonyl (C=O) groups excluding carboxylic acids is 1. The molecule has 1 amide bonds. The molecule has 0 spiro atoms. The van der Waals surface area contributed by atoms with Crippen LogP contribution in [0.25, 0.3) is 11.4 Å². The number of rotatable bonds is 5. The molecule has 9 heteroatoms. The van der Waals surface area contributed by atoms with E-state index in [2.05, 4.69) is 26.2 Å². The standard InChI is InChI=1S/C22H31N7O2/c1-15-12-18(25-22(30)16(2)23)24-14-17(15)21-26-19(28-6-4-3-5-7-28)13-20(27-21)29-8-10-31-11-9-29/h12-14,16H,3-11,23H2,1-2H3,(H,24,25,30)/t16-/m0/s1. The Morgan fingerprint density at radius 2 is 1.71 bits per heavy atom. The van der Waals surface area contributed by atoms with Crippen molar-refractivity contribution in [3.63, 3.8) is 0 Å². The van der Waals surface area contributed by atoms with E-state index in [1.807, 2.05) is 13.0 Å². The van der Waals surface area contributed by atoms with Crippen LogP contribution in [0.1, 0.15) is 31.7 Å². The molecule has 1 atom stereocenters. The fourth-order valence-electron chi connectivity index (χ4n) is 3.88. The molecular weight excluding hydrogens is 394 g/mol. The number of hydrogen-bond donors (Lipinski definition) is 2. The zero-order valence-electron chi connectivity index (χ0n) is 18.3. The summed E-state index contributed by atoms with van der Waals surface area (Å²) >= 11 is 0. The Morgan fingerprint density at radius 3 is 2.32 bits per heavy atom. The molecule has 2 fully saturated rings. The van der Waals surface area contributed by atoms with Crippen LogP contribution in [0, 0.1) is 6.92 Å². The monoisotopic (exact) mass is 425 g/mol. The second-order valence-electron chi connectivity index (χ2n) is 8.22. The number of aromatic nitrogens is 3. The van der Waals surface area contributed by atoms with Crippen molar-refractivity contribution in [3.8, 4) is 11.4 Å². The molecule has 166 valence electrons. The van der Waals surface area contributed by atoms with Crippen LogP contribution in [0.2, 0.25) is 0 Å². The van der Waals surface area contributed by atoms with E-state index in [9.17, 15) is 4.79 Å². The minimum absolute atomic E-state index is 0.266. The first-order valence-electron chi connectivity index (χ1n) is 11.0. The third kappa shape index (κ3) is 5.11. The van der Waals surface area contributed by atoms with E-state index in [4.69, 9.17) is 20.4 Å². The van der Waals surface area contributed by atoms with E-state index in [-0.39, 0.29) is 5.91 Å². The molecule has 2 aromatic rings. The van der Waals surface area contributed by atoms with Gasteiger partial charge in [-0.15, -0.1) is 0 Å². The SMILES string of the molecule is Cc1cc(NC(=O)[C@H](C)N)ncc1-c1nc(N2CCCCC2)cc(N2CCOCC2)n1. The molecule has 4 heterocycles. The Balaban J connectivity index is 1.68. The Labute approximate surface area is 183 Å². The summed E-state index contributed by atoms with van der Waals surface area (Å²) in [6.45, 7) is 8.68. The molecule has 31 heavy (non-hydrogen) atoms. The van der Waals surface area contributed by atoms with Gasteiger partial charge in [-0.1, -0.05) is 0 Å². The van der Waals surface area contributed by atoms with Gasteiger partial charge < -0.3 is 25.6 Å². The van der Waals surface area contributed by atoms with E-state index in [1.54, 1.807) is 13.1 Å². The molecule has 0 aliphatic carbocycles. The Hall–Kier alpha value is -2.78. The number of morpholine rings is 1. The number of amides is 1. The Bertz CT molecular complexity index is 886. The van der Waals surface area contributed by atoms with E-state index < -0.39 is 6.04 Å². The number of carbonyl (C=O) groups is 1. The fourth-order valence-corrected chi connectivity index (χ4v) is 3.88. The second-order valence-corrected chi connectivity index (χ2v) is 8.22. The average Bonchev–Trinajstić information content (AvgIpc) is 2.80. The van der Waals surface area contributed by atoms with Gasteiger partial charge in [0.2, 0.25) is 5.91 Å². The number of aryl methyl sites for hydroxylation is 1. The molecule has 9 nitrogen and oxygen atoms in total. The van der Waals surface area contributed by atoms with E-state index >= 15 is 0 Å². The van der Waals surface area contributed by atoms with Crippen molar-refractivity contribution in [1.82, 2.24) is 15.0 Å². The van der Waals surface area contributed by atoms with E-state index in [0.717, 1.165) is 48.9 Å². The van der Waals surface area contributed by atoms with Gasteiger partial charge in [0, 0.05) is 44.0 Å². The number of hydrogen-bond acceptors (Lipinski definition) is 8. The first-order chi connectivity index (χ1) is 15.0.